The monoisotopic (exact) mass is 423 g/mol. The summed E-state index contributed by atoms with van der Waals surface area (Å²) < 4.78 is 13.0. The van der Waals surface area contributed by atoms with Gasteiger partial charge in [0.25, 0.3) is 0 Å². The molecule has 3 rings (SSSR count). The van der Waals surface area contributed by atoms with Gasteiger partial charge in [0.15, 0.2) is 17.5 Å². The Labute approximate surface area is 184 Å². The highest BCUT2D eigenvalue weighted by Crippen LogP contribution is 2.27. The van der Waals surface area contributed by atoms with Crippen LogP contribution < -0.4 is 14.8 Å². The number of benzene rings is 2. The first-order chi connectivity index (χ1) is 15.1. The number of hydrogen-bond acceptors (Lipinski definition) is 4. The van der Waals surface area contributed by atoms with Crippen LogP contribution in [0, 0.1) is 6.92 Å². The van der Waals surface area contributed by atoms with Gasteiger partial charge in [-0.2, -0.15) is 0 Å². The average molecular weight is 424 g/mol. The molecule has 0 bridgehead atoms. The number of aromatic nitrogens is 2. The molecule has 0 radical (unpaired) electrons. The predicted molar refractivity (Wildman–Crippen MR) is 126 cm³/mol. The molecule has 0 saturated heterocycles. The number of aryl methyl sites for hydroxylation is 1. The summed E-state index contributed by atoms with van der Waals surface area (Å²) in [6, 6.07) is 14.3. The largest absolute Gasteiger partial charge is 0.493 e. The van der Waals surface area contributed by atoms with Crippen LogP contribution in [-0.4, -0.2) is 61.3 Å². The van der Waals surface area contributed by atoms with Gasteiger partial charge in [-0.15, -0.1) is 0 Å². The van der Waals surface area contributed by atoms with Crippen molar-refractivity contribution in [2.45, 2.75) is 26.8 Å². The Morgan fingerprint density at radius 2 is 1.90 bits per heavy atom. The Morgan fingerprint density at radius 1 is 1.13 bits per heavy atom. The van der Waals surface area contributed by atoms with Gasteiger partial charge in [-0.05, 0) is 50.1 Å². The summed E-state index contributed by atoms with van der Waals surface area (Å²) in [5.41, 5.74) is 3.38. The van der Waals surface area contributed by atoms with Gasteiger partial charge in [-0.1, -0.05) is 18.2 Å². The van der Waals surface area contributed by atoms with Gasteiger partial charge >= 0.3 is 0 Å². The lowest BCUT2D eigenvalue weighted by molar-refractivity contribution is 0.354. The van der Waals surface area contributed by atoms with E-state index in [1.54, 1.807) is 14.2 Å². The quantitative estimate of drug-likeness (QED) is 0.422. The summed E-state index contributed by atoms with van der Waals surface area (Å²) in [5, 5.41) is 3.40. The molecule has 0 fully saturated rings. The van der Waals surface area contributed by atoms with Gasteiger partial charge < -0.3 is 24.3 Å². The van der Waals surface area contributed by atoms with Crippen LogP contribution >= 0.6 is 0 Å². The third-order valence-corrected chi connectivity index (χ3v) is 5.31. The molecule has 1 aromatic heterocycles. The van der Waals surface area contributed by atoms with Crippen LogP contribution in [0.25, 0.3) is 11.0 Å². The van der Waals surface area contributed by atoms with Crippen LogP contribution in [-0.2, 0) is 13.0 Å². The number of imidazole rings is 1. The van der Waals surface area contributed by atoms with Crippen LogP contribution in [0.3, 0.4) is 0 Å². The molecule has 0 aliphatic carbocycles. The predicted octanol–water partition coefficient (Wildman–Crippen LogP) is 3.50. The lowest BCUT2D eigenvalue weighted by Gasteiger charge is -2.22. The molecule has 0 spiro atoms. The first-order valence-corrected chi connectivity index (χ1v) is 10.7. The molecule has 2 aromatic carbocycles. The van der Waals surface area contributed by atoms with E-state index >= 15 is 0 Å². The molecule has 7 nitrogen and oxygen atoms in total. The number of para-hydroxylation sites is 2. The van der Waals surface area contributed by atoms with Crippen molar-refractivity contribution in [3.8, 4) is 11.5 Å². The Balaban J connectivity index is 1.63. The average Bonchev–Trinajstić information content (AvgIpc) is 3.11. The van der Waals surface area contributed by atoms with Crippen molar-refractivity contribution in [3.05, 3.63) is 53.9 Å². The third-order valence-electron chi connectivity index (χ3n) is 5.31. The summed E-state index contributed by atoms with van der Waals surface area (Å²) in [6.07, 6.45) is 0.881. The van der Waals surface area contributed by atoms with E-state index in [1.807, 2.05) is 31.2 Å². The minimum atomic E-state index is 0.685. The fourth-order valence-corrected chi connectivity index (χ4v) is 3.64. The van der Waals surface area contributed by atoms with E-state index in [-0.39, 0.29) is 0 Å². The Hall–Kier alpha value is -3.22. The van der Waals surface area contributed by atoms with Crippen molar-refractivity contribution in [1.29, 1.82) is 0 Å². The van der Waals surface area contributed by atoms with E-state index in [9.17, 15) is 0 Å². The summed E-state index contributed by atoms with van der Waals surface area (Å²) >= 11 is 0. The lowest BCUT2D eigenvalue weighted by atomic mass is 10.1. The van der Waals surface area contributed by atoms with Crippen molar-refractivity contribution in [2.75, 3.05) is 40.9 Å². The smallest absolute Gasteiger partial charge is 0.193 e. The molecule has 0 unspecified atom stereocenters. The minimum absolute atomic E-state index is 0.685. The lowest BCUT2D eigenvalue weighted by Crippen LogP contribution is -2.40. The van der Waals surface area contributed by atoms with Gasteiger partial charge in [0.05, 0.1) is 31.8 Å². The highest BCUT2D eigenvalue weighted by Gasteiger charge is 2.10. The summed E-state index contributed by atoms with van der Waals surface area (Å²) in [6.45, 7) is 7.28. The summed E-state index contributed by atoms with van der Waals surface area (Å²) in [7, 11) is 5.38. The van der Waals surface area contributed by atoms with E-state index in [1.165, 1.54) is 5.56 Å². The summed E-state index contributed by atoms with van der Waals surface area (Å²) in [4.78, 5) is 11.7. The van der Waals surface area contributed by atoms with Gasteiger partial charge in [0.1, 0.15) is 5.82 Å². The van der Waals surface area contributed by atoms with Crippen LogP contribution in [0.5, 0.6) is 11.5 Å². The maximum absolute atomic E-state index is 5.42. The second-order valence-corrected chi connectivity index (χ2v) is 7.40. The molecule has 1 heterocycles. The zero-order valence-corrected chi connectivity index (χ0v) is 19.2. The second kappa shape index (κ2) is 10.7. The number of aliphatic imine (C=N–C) groups is 1. The second-order valence-electron chi connectivity index (χ2n) is 7.40. The highest BCUT2D eigenvalue weighted by atomic mass is 16.5. The number of likely N-dealkylation sites (N-methyl/N-ethyl adjacent to an activating group) is 1. The number of rotatable bonds is 9. The molecule has 7 heteroatoms. The number of nitrogens with zero attached hydrogens (tertiary/aromatic N) is 4. The zero-order valence-electron chi connectivity index (χ0n) is 19.2. The topological polar surface area (TPSA) is 63.9 Å². The van der Waals surface area contributed by atoms with E-state index in [4.69, 9.17) is 14.5 Å². The van der Waals surface area contributed by atoms with Crippen LogP contribution in [0.2, 0.25) is 0 Å². The number of nitrogens with one attached hydrogen (secondary N) is 1. The molecule has 0 aliphatic rings. The number of hydrogen-bond donors (Lipinski definition) is 1. The first-order valence-electron chi connectivity index (χ1n) is 10.7. The molecule has 0 saturated carbocycles. The van der Waals surface area contributed by atoms with E-state index in [0.717, 1.165) is 60.4 Å². The molecular weight excluding hydrogens is 390 g/mol. The number of guanidine groups is 1. The molecular formula is C24H33N5O2. The number of ether oxygens (including phenoxy) is 2. The molecule has 0 aliphatic heterocycles. The minimum Gasteiger partial charge on any atom is -0.493 e. The van der Waals surface area contributed by atoms with E-state index < -0.39 is 0 Å². The number of fused-ring (bicyclic) bond motifs is 1. The van der Waals surface area contributed by atoms with Crippen molar-refractivity contribution in [2.24, 2.45) is 4.99 Å². The van der Waals surface area contributed by atoms with Crippen molar-refractivity contribution >= 4 is 17.0 Å². The maximum atomic E-state index is 5.42. The van der Waals surface area contributed by atoms with Crippen molar-refractivity contribution in [3.63, 3.8) is 0 Å². The van der Waals surface area contributed by atoms with E-state index in [2.05, 4.69) is 51.9 Å². The van der Waals surface area contributed by atoms with Gasteiger partial charge in [-0.25, -0.2) is 4.98 Å². The molecule has 0 atom stereocenters. The molecule has 1 N–H and O–H groups in total. The maximum Gasteiger partial charge on any atom is 0.193 e. The fraction of sp³-hybridized carbons (Fsp3) is 0.417. The highest BCUT2D eigenvalue weighted by molar-refractivity contribution is 5.79. The van der Waals surface area contributed by atoms with Gasteiger partial charge in [-0.3, -0.25) is 4.99 Å². The number of methoxy groups -OCH3 is 2. The van der Waals surface area contributed by atoms with Crippen molar-refractivity contribution < 1.29 is 9.47 Å². The molecule has 166 valence electrons. The first kappa shape index (κ1) is 22.5. The molecule has 3 aromatic rings. The zero-order chi connectivity index (χ0) is 22.2. The normalized spacial score (nSPS) is 11.6. The van der Waals surface area contributed by atoms with Gasteiger partial charge in [0, 0.05) is 26.7 Å². The van der Waals surface area contributed by atoms with E-state index in [0.29, 0.717) is 6.54 Å². The Bertz CT molecular complexity index is 1030. The fourth-order valence-electron chi connectivity index (χ4n) is 3.64. The Morgan fingerprint density at radius 3 is 2.65 bits per heavy atom. The van der Waals surface area contributed by atoms with Crippen LogP contribution in [0.4, 0.5) is 0 Å². The molecule has 31 heavy (non-hydrogen) atoms. The molecule has 0 amide bonds. The van der Waals surface area contributed by atoms with Gasteiger partial charge in [0.2, 0.25) is 0 Å². The van der Waals surface area contributed by atoms with Crippen LogP contribution in [0.15, 0.2) is 47.5 Å². The van der Waals surface area contributed by atoms with Crippen molar-refractivity contribution in [1.82, 2.24) is 19.8 Å². The summed E-state index contributed by atoms with van der Waals surface area (Å²) in [5.74, 6) is 3.43. The Kier molecular flexibility index (Phi) is 7.76. The standard InChI is InChI=1S/C24H33N5O2/c1-6-25-24(26-14-16-29-18(2)27-20-9-7-8-10-21(20)29)28(3)15-13-19-11-12-22(30-4)23(17-19)31-5/h7-12,17H,6,13-16H2,1-5H3,(H,25,26). The van der Waals surface area contributed by atoms with Crippen LogP contribution in [0.1, 0.15) is 18.3 Å². The third kappa shape index (κ3) is 5.48. The SMILES string of the molecule is CCNC(=NCCn1c(C)nc2ccccc21)N(C)CCc1ccc(OC)c(OC)c1.